The normalized spacial score (nSPS) is 14.4. The minimum absolute atomic E-state index is 0.776. The van der Waals surface area contributed by atoms with Crippen LogP contribution in [0.15, 0.2) is 29.3 Å². The number of likely N-dealkylation sites (tertiary alicyclic amines) is 1. The van der Waals surface area contributed by atoms with Gasteiger partial charge in [0.2, 0.25) is 0 Å². The second kappa shape index (κ2) is 10.9. The van der Waals surface area contributed by atoms with E-state index in [9.17, 15) is 0 Å². The van der Waals surface area contributed by atoms with Gasteiger partial charge in [-0.1, -0.05) is 12.1 Å². The lowest BCUT2D eigenvalue weighted by Crippen LogP contribution is -2.37. The highest BCUT2D eigenvalue weighted by Crippen LogP contribution is 2.13. The third kappa shape index (κ3) is 6.79. The Kier molecular flexibility index (Phi) is 8.46. The largest absolute Gasteiger partial charge is 0.492 e. The summed E-state index contributed by atoms with van der Waals surface area (Å²) < 4.78 is 5.84. The fraction of sp³-hybridized carbons (Fsp3) is 0.632. The van der Waals surface area contributed by atoms with E-state index in [1.165, 1.54) is 31.5 Å². The Labute approximate surface area is 146 Å². The van der Waals surface area contributed by atoms with Gasteiger partial charge in [-0.05, 0) is 63.9 Å². The fourth-order valence-electron chi connectivity index (χ4n) is 2.86. The molecular formula is C19H32N4O. The van der Waals surface area contributed by atoms with Gasteiger partial charge in [-0.25, -0.2) is 0 Å². The smallest absolute Gasteiger partial charge is 0.191 e. The first-order valence-electron chi connectivity index (χ1n) is 9.28. The molecular weight excluding hydrogens is 300 g/mol. The highest BCUT2D eigenvalue weighted by Gasteiger charge is 2.10. The predicted octanol–water partition coefficient (Wildman–Crippen LogP) is 2.28. The predicted molar refractivity (Wildman–Crippen MR) is 101 cm³/mol. The Hall–Kier alpha value is -1.75. The van der Waals surface area contributed by atoms with Crippen LogP contribution in [-0.2, 0) is 6.42 Å². The number of guanidine groups is 1. The Bertz CT molecular complexity index is 473. The quantitative estimate of drug-likeness (QED) is 0.538. The maximum absolute atomic E-state index is 5.84. The van der Waals surface area contributed by atoms with E-state index in [1.54, 1.807) is 0 Å². The lowest BCUT2D eigenvalue weighted by atomic mass is 10.1. The van der Waals surface area contributed by atoms with Gasteiger partial charge in [0.25, 0.3) is 0 Å². The minimum Gasteiger partial charge on any atom is -0.492 e. The summed E-state index contributed by atoms with van der Waals surface area (Å²) in [4.78, 5) is 7.04. The average Bonchev–Trinajstić information content (AvgIpc) is 3.10. The van der Waals surface area contributed by atoms with Gasteiger partial charge in [0.15, 0.2) is 5.96 Å². The van der Waals surface area contributed by atoms with Crippen molar-refractivity contribution < 1.29 is 4.74 Å². The summed E-state index contributed by atoms with van der Waals surface area (Å²) in [7, 11) is 0. The van der Waals surface area contributed by atoms with Crippen molar-refractivity contribution in [3.8, 4) is 5.75 Å². The third-order valence-electron chi connectivity index (χ3n) is 4.16. The molecule has 5 nitrogen and oxygen atoms in total. The van der Waals surface area contributed by atoms with Gasteiger partial charge >= 0.3 is 0 Å². The number of nitrogens with zero attached hydrogens (tertiary/aromatic N) is 2. The van der Waals surface area contributed by atoms with Crippen molar-refractivity contribution in [2.24, 2.45) is 4.99 Å². The van der Waals surface area contributed by atoms with E-state index in [4.69, 9.17) is 4.74 Å². The van der Waals surface area contributed by atoms with E-state index in [0.29, 0.717) is 0 Å². The van der Waals surface area contributed by atoms with Crippen molar-refractivity contribution >= 4 is 5.96 Å². The van der Waals surface area contributed by atoms with Crippen molar-refractivity contribution in [3.05, 3.63) is 29.8 Å². The van der Waals surface area contributed by atoms with Gasteiger partial charge in [-0.2, -0.15) is 0 Å². The average molecular weight is 332 g/mol. The molecule has 0 radical (unpaired) electrons. The molecule has 0 atom stereocenters. The van der Waals surface area contributed by atoms with E-state index < -0.39 is 0 Å². The van der Waals surface area contributed by atoms with Crippen LogP contribution in [0, 0.1) is 0 Å². The first-order chi connectivity index (χ1) is 11.8. The molecule has 2 N–H and O–H groups in total. The van der Waals surface area contributed by atoms with Crippen molar-refractivity contribution in [2.75, 3.05) is 45.9 Å². The lowest BCUT2D eigenvalue weighted by Gasteiger charge is -2.15. The molecule has 5 heteroatoms. The van der Waals surface area contributed by atoms with Crippen LogP contribution in [0.1, 0.15) is 32.3 Å². The Morgan fingerprint density at radius 2 is 1.75 bits per heavy atom. The summed E-state index contributed by atoms with van der Waals surface area (Å²) >= 11 is 0. The molecule has 0 unspecified atom stereocenters. The number of ether oxygens (including phenoxy) is 1. The third-order valence-corrected chi connectivity index (χ3v) is 4.16. The van der Waals surface area contributed by atoms with E-state index in [0.717, 1.165) is 50.9 Å². The standard InChI is InChI=1S/C19H32N4O/c1-3-20-19(21-4-2)22-12-11-17-7-9-18(10-8-17)24-16-15-23-13-5-6-14-23/h7-10H,3-6,11-16H2,1-2H3,(H2,20,21,22). The zero-order valence-electron chi connectivity index (χ0n) is 15.2. The number of nitrogens with one attached hydrogen (secondary N) is 2. The maximum atomic E-state index is 5.84. The van der Waals surface area contributed by atoms with Crippen molar-refractivity contribution in [2.45, 2.75) is 33.1 Å². The van der Waals surface area contributed by atoms with Crippen LogP contribution in [0.2, 0.25) is 0 Å². The number of hydrogen-bond donors (Lipinski definition) is 2. The summed E-state index contributed by atoms with van der Waals surface area (Å²) in [5.74, 6) is 1.85. The molecule has 0 spiro atoms. The summed E-state index contributed by atoms with van der Waals surface area (Å²) in [6.45, 7) is 11.0. The van der Waals surface area contributed by atoms with E-state index in [-0.39, 0.29) is 0 Å². The van der Waals surface area contributed by atoms with Crippen molar-refractivity contribution in [1.29, 1.82) is 0 Å². The molecule has 0 aliphatic carbocycles. The van der Waals surface area contributed by atoms with Gasteiger partial charge in [0.1, 0.15) is 12.4 Å². The molecule has 134 valence electrons. The van der Waals surface area contributed by atoms with Gasteiger partial charge < -0.3 is 15.4 Å². The monoisotopic (exact) mass is 332 g/mol. The van der Waals surface area contributed by atoms with Crippen LogP contribution in [0.5, 0.6) is 5.75 Å². The molecule has 0 bridgehead atoms. The summed E-state index contributed by atoms with van der Waals surface area (Å²) in [6, 6.07) is 8.42. The van der Waals surface area contributed by atoms with Gasteiger partial charge in [-0.15, -0.1) is 0 Å². The Balaban J connectivity index is 1.69. The van der Waals surface area contributed by atoms with Crippen LogP contribution in [-0.4, -0.2) is 56.7 Å². The number of benzene rings is 1. The van der Waals surface area contributed by atoms with Crippen LogP contribution in [0.3, 0.4) is 0 Å². The van der Waals surface area contributed by atoms with Crippen LogP contribution >= 0.6 is 0 Å². The van der Waals surface area contributed by atoms with Gasteiger partial charge in [0, 0.05) is 26.2 Å². The van der Waals surface area contributed by atoms with E-state index >= 15 is 0 Å². The molecule has 2 rings (SSSR count). The van der Waals surface area contributed by atoms with Gasteiger partial charge in [0.05, 0.1) is 0 Å². The lowest BCUT2D eigenvalue weighted by molar-refractivity contribution is 0.238. The summed E-state index contributed by atoms with van der Waals surface area (Å²) in [5, 5.41) is 6.48. The molecule has 1 fully saturated rings. The molecule has 1 heterocycles. The second-order valence-electron chi connectivity index (χ2n) is 6.08. The topological polar surface area (TPSA) is 48.9 Å². The van der Waals surface area contributed by atoms with E-state index in [1.807, 2.05) is 0 Å². The Morgan fingerprint density at radius 1 is 1.08 bits per heavy atom. The molecule has 1 aliphatic rings. The minimum atomic E-state index is 0.776. The SMILES string of the molecule is CCNC(=NCCc1ccc(OCCN2CCCC2)cc1)NCC. The molecule has 0 saturated carbocycles. The molecule has 0 aromatic heterocycles. The molecule has 1 aliphatic heterocycles. The summed E-state index contributed by atoms with van der Waals surface area (Å²) in [6.07, 6.45) is 3.61. The van der Waals surface area contributed by atoms with E-state index in [2.05, 4.69) is 58.6 Å². The fourth-order valence-corrected chi connectivity index (χ4v) is 2.86. The van der Waals surface area contributed by atoms with Crippen LogP contribution in [0.4, 0.5) is 0 Å². The van der Waals surface area contributed by atoms with Crippen molar-refractivity contribution in [1.82, 2.24) is 15.5 Å². The number of rotatable bonds is 9. The first kappa shape index (κ1) is 18.6. The highest BCUT2D eigenvalue weighted by molar-refractivity contribution is 5.79. The number of hydrogen-bond acceptors (Lipinski definition) is 3. The molecule has 0 amide bonds. The van der Waals surface area contributed by atoms with Crippen LogP contribution in [0.25, 0.3) is 0 Å². The molecule has 1 saturated heterocycles. The molecule has 1 aromatic rings. The molecule has 1 aromatic carbocycles. The maximum Gasteiger partial charge on any atom is 0.191 e. The zero-order valence-corrected chi connectivity index (χ0v) is 15.2. The molecule has 24 heavy (non-hydrogen) atoms. The van der Waals surface area contributed by atoms with Gasteiger partial charge in [-0.3, -0.25) is 9.89 Å². The highest BCUT2D eigenvalue weighted by atomic mass is 16.5. The van der Waals surface area contributed by atoms with Crippen LogP contribution < -0.4 is 15.4 Å². The van der Waals surface area contributed by atoms with Crippen molar-refractivity contribution in [3.63, 3.8) is 0 Å². The zero-order chi connectivity index (χ0) is 17.0. The number of aliphatic imine (C=N–C) groups is 1. The second-order valence-corrected chi connectivity index (χ2v) is 6.08. The summed E-state index contributed by atoms with van der Waals surface area (Å²) in [5.41, 5.74) is 1.29. The first-order valence-corrected chi connectivity index (χ1v) is 9.28. The Morgan fingerprint density at radius 3 is 2.38 bits per heavy atom.